The number of rotatable bonds is 4. The van der Waals surface area contributed by atoms with Crippen LogP contribution in [-0.4, -0.2) is 16.1 Å². The van der Waals surface area contributed by atoms with Crippen molar-refractivity contribution in [2.45, 2.75) is 38.0 Å². The topological polar surface area (TPSA) is 50.2 Å². The summed E-state index contributed by atoms with van der Waals surface area (Å²) < 4.78 is 0. The molecule has 1 aromatic heterocycles. The molecule has 1 aliphatic rings. The van der Waals surface area contributed by atoms with Crippen LogP contribution in [-0.2, 0) is 12.8 Å². The lowest BCUT2D eigenvalue weighted by molar-refractivity contribution is 0.0696. The minimum atomic E-state index is -0.834. The standard InChI is InChI=1S/C16H17NO2S/c18-16(19)13-5-7-15-11(2-1-3-12(15)8-13)4-6-14-9-17-10-20-14/h5,7-11H,1-4,6H2,(H,18,19). The fourth-order valence-corrected chi connectivity index (χ4v) is 3.64. The minimum absolute atomic E-state index is 0.409. The van der Waals surface area contributed by atoms with Gasteiger partial charge in [0.2, 0.25) is 0 Å². The maximum Gasteiger partial charge on any atom is 0.335 e. The first kappa shape index (κ1) is 13.3. The maximum absolute atomic E-state index is 11.0. The molecule has 1 atom stereocenters. The molecule has 3 nitrogen and oxygen atoms in total. The van der Waals surface area contributed by atoms with Gasteiger partial charge < -0.3 is 5.11 Å². The highest BCUT2D eigenvalue weighted by Gasteiger charge is 2.21. The fraction of sp³-hybridized carbons (Fsp3) is 0.375. The molecule has 1 heterocycles. The number of benzene rings is 1. The summed E-state index contributed by atoms with van der Waals surface area (Å²) in [4.78, 5) is 16.5. The van der Waals surface area contributed by atoms with Crippen LogP contribution in [0, 0.1) is 0 Å². The summed E-state index contributed by atoms with van der Waals surface area (Å²) in [5.74, 6) is -0.275. The smallest absolute Gasteiger partial charge is 0.335 e. The molecule has 0 radical (unpaired) electrons. The lowest BCUT2D eigenvalue weighted by Crippen LogP contribution is -2.12. The van der Waals surface area contributed by atoms with Gasteiger partial charge >= 0.3 is 5.97 Å². The summed E-state index contributed by atoms with van der Waals surface area (Å²) in [7, 11) is 0. The number of hydrogen-bond acceptors (Lipinski definition) is 3. The number of aromatic carboxylic acids is 1. The number of nitrogens with zero attached hydrogens (tertiary/aromatic N) is 1. The van der Waals surface area contributed by atoms with Crippen LogP contribution in [0.5, 0.6) is 0 Å². The van der Waals surface area contributed by atoms with E-state index in [0.29, 0.717) is 11.5 Å². The Morgan fingerprint density at radius 3 is 3.10 bits per heavy atom. The van der Waals surface area contributed by atoms with Crippen molar-refractivity contribution in [3.05, 3.63) is 51.5 Å². The molecule has 3 rings (SSSR count). The van der Waals surface area contributed by atoms with Gasteiger partial charge in [-0.15, -0.1) is 11.3 Å². The van der Waals surface area contributed by atoms with Crippen molar-refractivity contribution < 1.29 is 9.90 Å². The highest BCUT2D eigenvalue weighted by molar-refractivity contribution is 7.09. The summed E-state index contributed by atoms with van der Waals surface area (Å²) in [5, 5.41) is 9.08. The van der Waals surface area contributed by atoms with Crippen molar-refractivity contribution in [1.82, 2.24) is 4.98 Å². The van der Waals surface area contributed by atoms with Crippen molar-refractivity contribution in [3.8, 4) is 0 Å². The summed E-state index contributed by atoms with van der Waals surface area (Å²) in [6.07, 6.45) is 7.51. The largest absolute Gasteiger partial charge is 0.478 e. The molecule has 104 valence electrons. The lowest BCUT2D eigenvalue weighted by atomic mass is 9.80. The first-order valence-corrected chi connectivity index (χ1v) is 7.85. The number of aryl methyl sites for hydroxylation is 2. The second-order valence-electron chi connectivity index (χ2n) is 5.31. The number of fused-ring (bicyclic) bond motifs is 1. The van der Waals surface area contributed by atoms with E-state index in [4.69, 9.17) is 5.11 Å². The van der Waals surface area contributed by atoms with E-state index in [-0.39, 0.29) is 0 Å². The van der Waals surface area contributed by atoms with Crippen LogP contribution < -0.4 is 0 Å². The predicted octanol–water partition coefficient (Wildman–Crippen LogP) is 3.89. The Kier molecular flexibility index (Phi) is 3.83. The molecule has 0 spiro atoms. The van der Waals surface area contributed by atoms with E-state index in [2.05, 4.69) is 4.98 Å². The average Bonchev–Trinajstić information content (AvgIpc) is 2.97. The van der Waals surface area contributed by atoms with Crippen LogP contribution in [0.2, 0.25) is 0 Å². The van der Waals surface area contributed by atoms with Crippen LogP contribution in [0.25, 0.3) is 0 Å². The lowest BCUT2D eigenvalue weighted by Gasteiger charge is -2.25. The van der Waals surface area contributed by atoms with Gasteiger partial charge in [-0.3, -0.25) is 4.98 Å². The molecule has 0 bridgehead atoms. The average molecular weight is 287 g/mol. The van der Waals surface area contributed by atoms with Crippen LogP contribution in [0.15, 0.2) is 29.9 Å². The summed E-state index contributed by atoms with van der Waals surface area (Å²) >= 11 is 1.71. The Morgan fingerprint density at radius 1 is 1.45 bits per heavy atom. The molecule has 2 aromatic rings. The van der Waals surface area contributed by atoms with Crippen molar-refractivity contribution in [2.24, 2.45) is 0 Å². The Balaban J connectivity index is 1.77. The molecule has 1 N–H and O–H groups in total. The third-order valence-electron chi connectivity index (χ3n) is 4.05. The van der Waals surface area contributed by atoms with Crippen LogP contribution in [0.4, 0.5) is 0 Å². The molecule has 20 heavy (non-hydrogen) atoms. The predicted molar refractivity (Wildman–Crippen MR) is 79.5 cm³/mol. The second-order valence-corrected chi connectivity index (χ2v) is 6.29. The Labute approximate surface area is 122 Å². The van der Waals surface area contributed by atoms with Crippen LogP contribution in [0.1, 0.15) is 51.5 Å². The quantitative estimate of drug-likeness (QED) is 0.928. The van der Waals surface area contributed by atoms with E-state index in [0.717, 1.165) is 25.7 Å². The highest BCUT2D eigenvalue weighted by atomic mass is 32.1. The van der Waals surface area contributed by atoms with Gasteiger partial charge in [0.1, 0.15) is 0 Å². The van der Waals surface area contributed by atoms with Gasteiger partial charge in [0.05, 0.1) is 11.1 Å². The zero-order chi connectivity index (χ0) is 13.9. The number of carboxylic acid groups (broad SMARTS) is 1. The zero-order valence-electron chi connectivity index (χ0n) is 11.2. The number of hydrogen-bond donors (Lipinski definition) is 1. The number of carboxylic acids is 1. The van der Waals surface area contributed by atoms with Gasteiger partial charge in [0.15, 0.2) is 0 Å². The van der Waals surface area contributed by atoms with E-state index in [1.54, 1.807) is 17.4 Å². The zero-order valence-corrected chi connectivity index (χ0v) is 12.0. The molecule has 0 saturated carbocycles. The fourth-order valence-electron chi connectivity index (χ4n) is 3.03. The summed E-state index contributed by atoms with van der Waals surface area (Å²) in [5.41, 5.74) is 4.87. The molecule has 0 aliphatic heterocycles. The van der Waals surface area contributed by atoms with Crippen LogP contribution in [0.3, 0.4) is 0 Å². The van der Waals surface area contributed by atoms with Gasteiger partial charge in [-0.2, -0.15) is 0 Å². The van der Waals surface area contributed by atoms with Crippen molar-refractivity contribution in [2.75, 3.05) is 0 Å². The molecular formula is C16H17NO2S. The van der Waals surface area contributed by atoms with Crippen molar-refractivity contribution >= 4 is 17.3 Å². The first-order chi connectivity index (χ1) is 9.74. The van der Waals surface area contributed by atoms with Gasteiger partial charge in [-0.1, -0.05) is 6.07 Å². The highest BCUT2D eigenvalue weighted by Crippen LogP contribution is 2.35. The number of thiazole rings is 1. The van der Waals surface area contributed by atoms with E-state index in [1.807, 2.05) is 23.8 Å². The normalized spacial score (nSPS) is 17.7. The third-order valence-corrected chi connectivity index (χ3v) is 4.89. The van der Waals surface area contributed by atoms with Gasteiger partial charge in [0, 0.05) is 11.1 Å². The van der Waals surface area contributed by atoms with Crippen LogP contribution >= 0.6 is 11.3 Å². The molecule has 4 heteroatoms. The van der Waals surface area contributed by atoms with Crippen molar-refractivity contribution in [3.63, 3.8) is 0 Å². The summed E-state index contributed by atoms with van der Waals surface area (Å²) in [6.45, 7) is 0. The Bertz CT molecular complexity index is 607. The monoisotopic (exact) mass is 287 g/mol. The number of aromatic nitrogens is 1. The molecule has 0 amide bonds. The third kappa shape index (κ3) is 2.75. The SMILES string of the molecule is O=C(O)c1ccc2c(c1)CCCC2CCc1cncs1. The van der Waals surface area contributed by atoms with E-state index in [9.17, 15) is 4.79 Å². The molecule has 0 fully saturated rings. The first-order valence-electron chi connectivity index (χ1n) is 6.97. The Hall–Kier alpha value is -1.68. The minimum Gasteiger partial charge on any atom is -0.478 e. The molecule has 1 aliphatic carbocycles. The van der Waals surface area contributed by atoms with E-state index < -0.39 is 5.97 Å². The molecule has 1 aromatic carbocycles. The van der Waals surface area contributed by atoms with E-state index >= 15 is 0 Å². The second kappa shape index (κ2) is 5.75. The summed E-state index contributed by atoms with van der Waals surface area (Å²) in [6, 6.07) is 5.62. The maximum atomic E-state index is 11.0. The van der Waals surface area contributed by atoms with Crippen molar-refractivity contribution in [1.29, 1.82) is 0 Å². The molecular weight excluding hydrogens is 270 g/mol. The van der Waals surface area contributed by atoms with Gasteiger partial charge in [0.25, 0.3) is 0 Å². The Morgan fingerprint density at radius 2 is 2.35 bits per heavy atom. The van der Waals surface area contributed by atoms with Gasteiger partial charge in [-0.25, -0.2) is 4.79 Å². The van der Waals surface area contributed by atoms with Gasteiger partial charge in [-0.05, 0) is 61.3 Å². The van der Waals surface area contributed by atoms with E-state index in [1.165, 1.54) is 22.4 Å². The molecule has 0 saturated heterocycles. The number of carbonyl (C=O) groups is 1. The molecule has 1 unspecified atom stereocenters.